The van der Waals surface area contributed by atoms with Crippen molar-refractivity contribution in [1.29, 1.82) is 0 Å². The van der Waals surface area contributed by atoms with Crippen molar-refractivity contribution in [2.24, 2.45) is 5.92 Å². The van der Waals surface area contributed by atoms with Crippen molar-refractivity contribution in [1.82, 2.24) is 25.3 Å². The topological polar surface area (TPSA) is 87.9 Å². The standard InChI is InChI=1S/C18H23N5O2/c1-10-11(2)19-20-14(10)16(24)23-8-13-4-3-7-18(13,9-23)17-22-21-15(25-17)12-5-6-12/h12-13H,3-9H2,1-2H3,(H,19,20)/t13-,18-/m0/s1. The molecule has 2 saturated carbocycles. The third-order valence-electron chi connectivity index (χ3n) is 6.41. The zero-order chi connectivity index (χ0) is 17.2. The molecule has 1 amide bonds. The van der Waals surface area contributed by atoms with E-state index in [2.05, 4.69) is 20.4 Å². The predicted octanol–water partition coefficient (Wildman–Crippen LogP) is 2.48. The maximum Gasteiger partial charge on any atom is 0.274 e. The first-order valence-corrected chi connectivity index (χ1v) is 9.23. The summed E-state index contributed by atoms with van der Waals surface area (Å²) in [7, 11) is 0. The number of rotatable bonds is 3. The fourth-order valence-corrected chi connectivity index (χ4v) is 4.57. The third kappa shape index (κ3) is 2.17. The molecule has 2 aromatic heterocycles. The Hall–Kier alpha value is -2.18. The lowest BCUT2D eigenvalue weighted by Crippen LogP contribution is -2.35. The van der Waals surface area contributed by atoms with Gasteiger partial charge >= 0.3 is 0 Å². The van der Waals surface area contributed by atoms with Crippen LogP contribution in [0.4, 0.5) is 0 Å². The van der Waals surface area contributed by atoms with E-state index in [0.717, 1.165) is 61.7 Å². The summed E-state index contributed by atoms with van der Waals surface area (Å²) < 4.78 is 6.08. The van der Waals surface area contributed by atoms with Crippen LogP contribution in [-0.2, 0) is 5.41 Å². The number of hydrogen-bond donors (Lipinski definition) is 1. The molecule has 0 spiro atoms. The molecule has 1 aliphatic heterocycles. The summed E-state index contributed by atoms with van der Waals surface area (Å²) in [6, 6.07) is 0. The highest BCUT2D eigenvalue weighted by Gasteiger charge is 2.55. The number of carbonyl (C=O) groups excluding carboxylic acids is 1. The number of carbonyl (C=O) groups is 1. The summed E-state index contributed by atoms with van der Waals surface area (Å²) in [5.74, 6) is 2.42. The number of fused-ring (bicyclic) bond motifs is 1. The molecule has 0 radical (unpaired) electrons. The zero-order valence-corrected chi connectivity index (χ0v) is 14.7. The second-order valence-corrected chi connectivity index (χ2v) is 7.97. The van der Waals surface area contributed by atoms with Crippen molar-refractivity contribution in [2.45, 2.75) is 57.3 Å². The second kappa shape index (κ2) is 5.16. The smallest absolute Gasteiger partial charge is 0.274 e. The molecule has 25 heavy (non-hydrogen) atoms. The Balaban J connectivity index is 1.44. The van der Waals surface area contributed by atoms with Gasteiger partial charge in [-0.1, -0.05) is 6.42 Å². The van der Waals surface area contributed by atoms with Gasteiger partial charge in [0, 0.05) is 30.3 Å². The van der Waals surface area contributed by atoms with E-state index in [4.69, 9.17) is 4.42 Å². The van der Waals surface area contributed by atoms with Gasteiger partial charge in [-0.3, -0.25) is 9.89 Å². The number of H-pyrrole nitrogens is 1. The van der Waals surface area contributed by atoms with Gasteiger partial charge in [-0.2, -0.15) is 5.10 Å². The quantitative estimate of drug-likeness (QED) is 0.926. The number of aromatic nitrogens is 4. The molecule has 2 aliphatic carbocycles. The highest BCUT2D eigenvalue weighted by Crippen LogP contribution is 2.51. The SMILES string of the molecule is Cc1[nH]nc(C(=O)N2C[C@@H]3CCC[C@]3(c3nnc(C4CC4)o3)C2)c1C. The van der Waals surface area contributed by atoms with Gasteiger partial charge < -0.3 is 9.32 Å². The lowest BCUT2D eigenvalue weighted by atomic mass is 9.80. The Kier molecular flexibility index (Phi) is 3.12. The van der Waals surface area contributed by atoms with Crippen molar-refractivity contribution in [2.75, 3.05) is 13.1 Å². The number of likely N-dealkylation sites (tertiary alicyclic amines) is 1. The molecular formula is C18H23N5O2. The lowest BCUT2D eigenvalue weighted by molar-refractivity contribution is 0.0769. The van der Waals surface area contributed by atoms with Crippen molar-refractivity contribution >= 4 is 5.91 Å². The molecule has 3 heterocycles. The van der Waals surface area contributed by atoms with Crippen LogP contribution in [0.15, 0.2) is 4.42 Å². The van der Waals surface area contributed by atoms with Crippen LogP contribution in [-0.4, -0.2) is 44.3 Å². The number of amides is 1. The van der Waals surface area contributed by atoms with E-state index in [9.17, 15) is 4.79 Å². The first-order valence-electron chi connectivity index (χ1n) is 9.23. The molecule has 0 unspecified atom stereocenters. The Labute approximate surface area is 146 Å². The van der Waals surface area contributed by atoms with Crippen molar-refractivity contribution < 1.29 is 9.21 Å². The van der Waals surface area contributed by atoms with Crippen LogP contribution in [0.2, 0.25) is 0 Å². The van der Waals surface area contributed by atoms with Gasteiger partial charge in [-0.25, -0.2) is 0 Å². The van der Waals surface area contributed by atoms with Gasteiger partial charge in [0.15, 0.2) is 5.69 Å². The number of aryl methyl sites for hydroxylation is 1. The highest BCUT2D eigenvalue weighted by atomic mass is 16.4. The highest BCUT2D eigenvalue weighted by molar-refractivity contribution is 5.94. The van der Waals surface area contributed by atoms with Crippen molar-refractivity contribution in [3.8, 4) is 0 Å². The van der Waals surface area contributed by atoms with Gasteiger partial charge in [0.05, 0.1) is 5.41 Å². The number of nitrogens with one attached hydrogen (secondary N) is 1. The molecule has 1 N–H and O–H groups in total. The lowest BCUT2D eigenvalue weighted by Gasteiger charge is -2.24. The van der Waals surface area contributed by atoms with Crippen LogP contribution >= 0.6 is 0 Å². The van der Waals surface area contributed by atoms with Crippen LogP contribution in [0.25, 0.3) is 0 Å². The van der Waals surface area contributed by atoms with E-state index in [1.165, 1.54) is 0 Å². The summed E-state index contributed by atoms with van der Waals surface area (Å²) in [6.07, 6.45) is 5.60. The summed E-state index contributed by atoms with van der Waals surface area (Å²) in [4.78, 5) is 14.9. The molecule has 132 valence electrons. The average Bonchev–Trinajstić information content (AvgIpc) is 2.95. The number of hydrogen-bond acceptors (Lipinski definition) is 5. The molecule has 0 aromatic carbocycles. The fraction of sp³-hybridized carbons (Fsp3) is 0.667. The van der Waals surface area contributed by atoms with Gasteiger partial charge in [0.2, 0.25) is 11.8 Å². The van der Waals surface area contributed by atoms with Crippen LogP contribution in [0.5, 0.6) is 0 Å². The third-order valence-corrected chi connectivity index (χ3v) is 6.41. The monoisotopic (exact) mass is 341 g/mol. The Bertz CT molecular complexity index is 836. The van der Waals surface area contributed by atoms with Gasteiger partial charge in [0.1, 0.15) is 0 Å². The molecule has 7 nitrogen and oxygen atoms in total. The molecular weight excluding hydrogens is 318 g/mol. The van der Waals surface area contributed by atoms with Crippen LogP contribution in [0.3, 0.4) is 0 Å². The molecule has 3 fully saturated rings. The van der Waals surface area contributed by atoms with E-state index < -0.39 is 0 Å². The average molecular weight is 341 g/mol. The minimum atomic E-state index is -0.158. The first-order chi connectivity index (χ1) is 12.1. The van der Waals surface area contributed by atoms with Crippen molar-refractivity contribution in [3.63, 3.8) is 0 Å². The summed E-state index contributed by atoms with van der Waals surface area (Å²) in [5.41, 5.74) is 2.26. The first kappa shape index (κ1) is 15.1. The molecule has 1 saturated heterocycles. The molecule has 5 rings (SSSR count). The van der Waals surface area contributed by atoms with E-state index in [1.807, 2.05) is 18.7 Å². The Morgan fingerprint density at radius 3 is 2.84 bits per heavy atom. The van der Waals surface area contributed by atoms with Crippen LogP contribution in [0, 0.1) is 19.8 Å². The Morgan fingerprint density at radius 2 is 2.12 bits per heavy atom. The summed E-state index contributed by atoms with van der Waals surface area (Å²) >= 11 is 0. The predicted molar refractivity (Wildman–Crippen MR) is 89.3 cm³/mol. The van der Waals surface area contributed by atoms with Crippen molar-refractivity contribution in [3.05, 3.63) is 28.7 Å². The zero-order valence-electron chi connectivity index (χ0n) is 14.7. The summed E-state index contributed by atoms with van der Waals surface area (Å²) in [5, 5.41) is 15.8. The fourth-order valence-electron chi connectivity index (χ4n) is 4.57. The normalized spacial score (nSPS) is 28.6. The minimum absolute atomic E-state index is 0.0116. The van der Waals surface area contributed by atoms with Crippen LogP contribution in [0.1, 0.15) is 71.5 Å². The van der Waals surface area contributed by atoms with E-state index in [0.29, 0.717) is 24.1 Å². The minimum Gasteiger partial charge on any atom is -0.424 e. The van der Waals surface area contributed by atoms with Crippen LogP contribution < -0.4 is 0 Å². The van der Waals surface area contributed by atoms with E-state index in [1.54, 1.807) is 0 Å². The molecule has 3 aliphatic rings. The molecule has 7 heteroatoms. The maximum atomic E-state index is 13.0. The number of aromatic amines is 1. The van der Waals surface area contributed by atoms with Gasteiger partial charge in [0.25, 0.3) is 5.91 Å². The summed E-state index contributed by atoms with van der Waals surface area (Å²) in [6.45, 7) is 5.30. The van der Waals surface area contributed by atoms with Gasteiger partial charge in [-0.15, -0.1) is 10.2 Å². The second-order valence-electron chi connectivity index (χ2n) is 7.97. The Morgan fingerprint density at radius 1 is 1.28 bits per heavy atom. The maximum absolute atomic E-state index is 13.0. The number of nitrogens with zero attached hydrogens (tertiary/aromatic N) is 4. The molecule has 2 atom stereocenters. The largest absolute Gasteiger partial charge is 0.424 e. The molecule has 2 aromatic rings. The van der Waals surface area contributed by atoms with Gasteiger partial charge in [-0.05, 0) is 45.4 Å². The molecule has 0 bridgehead atoms. The van der Waals surface area contributed by atoms with E-state index >= 15 is 0 Å². The van der Waals surface area contributed by atoms with E-state index in [-0.39, 0.29) is 11.3 Å².